The molecule has 0 aromatic heterocycles. The van der Waals surface area contributed by atoms with Crippen molar-refractivity contribution in [3.05, 3.63) is 0 Å². The maximum absolute atomic E-state index is 8.80. The van der Waals surface area contributed by atoms with Gasteiger partial charge in [0, 0.05) is 0 Å². The second kappa shape index (κ2) is 6.84. The first kappa shape index (κ1) is 13.4. The van der Waals surface area contributed by atoms with Crippen LogP contribution in [0.15, 0.2) is 0 Å². The van der Waals surface area contributed by atoms with Crippen LogP contribution in [0.3, 0.4) is 0 Å². The second-order valence-electron chi connectivity index (χ2n) is 2.65. The molecule has 13 heavy (non-hydrogen) atoms. The third-order valence-corrected chi connectivity index (χ3v) is 2.18. The van der Waals surface area contributed by atoms with Gasteiger partial charge in [-0.1, -0.05) is 0 Å². The molecule has 0 aliphatic heterocycles. The van der Waals surface area contributed by atoms with E-state index in [1.807, 2.05) is 7.05 Å². The first-order chi connectivity index (χ1) is 5.95. The van der Waals surface area contributed by atoms with Crippen molar-refractivity contribution < 1.29 is 14.3 Å². The molecule has 7 heteroatoms. The Morgan fingerprint density at radius 3 is 2.54 bits per heavy atom. The van der Waals surface area contributed by atoms with Gasteiger partial charge >= 0.3 is 6.72 Å². The standard InChI is InChI=1S/C6H17N2O3PS/c1-6(11-12(9,10)13)8-5-3-4-7-2/h6-8H,3-5H2,1-2H3,(H2,9,10,13). The molecule has 0 amide bonds. The maximum atomic E-state index is 8.80. The van der Waals surface area contributed by atoms with Crippen LogP contribution in [-0.2, 0) is 16.3 Å². The van der Waals surface area contributed by atoms with Crippen LogP contribution < -0.4 is 10.6 Å². The van der Waals surface area contributed by atoms with E-state index in [0.717, 1.165) is 19.5 Å². The van der Waals surface area contributed by atoms with Crippen molar-refractivity contribution in [2.45, 2.75) is 19.6 Å². The first-order valence-corrected chi connectivity index (χ1v) is 6.70. The molecule has 0 aliphatic carbocycles. The zero-order chi connectivity index (χ0) is 10.3. The minimum absolute atomic E-state index is 0.419. The fourth-order valence-corrected chi connectivity index (χ4v) is 1.69. The summed E-state index contributed by atoms with van der Waals surface area (Å²) in [6.45, 7) is -0.179. The number of hydrogen-bond donors (Lipinski definition) is 4. The van der Waals surface area contributed by atoms with Gasteiger partial charge in [0.05, 0.1) is 0 Å². The van der Waals surface area contributed by atoms with E-state index in [9.17, 15) is 0 Å². The van der Waals surface area contributed by atoms with Crippen LogP contribution in [0, 0.1) is 0 Å². The Bertz CT molecular complexity index is 175. The van der Waals surface area contributed by atoms with E-state index >= 15 is 0 Å². The van der Waals surface area contributed by atoms with Crippen molar-refractivity contribution in [1.29, 1.82) is 0 Å². The van der Waals surface area contributed by atoms with Crippen LogP contribution in [-0.4, -0.2) is 36.2 Å². The number of nitrogens with one attached hydrogen (secondary N) is 2. The Hall–Kier alpha value is 0.450. The van der Waals surface area contributed by atoms with E-state index in [4.69, 9.17) is 14.3 Å². The highest BCUT2D eigenvalue weighted by molar-refractivity contribution is 8.06. The predicted molar refractivity (Wildman–Crippen MR) is 55.8 cm³/mol. The van der Waals surface area contributed by atoms with Gasteiger partial charge in [-0.15, -0.1) is 0 Å². The molecular weight excluding hydrogens is 211 g/mol. The van der Waals surface area contributed by atoms with Crippen LogP contribution >= 0.6 is 6.72 Å². The topological polar surface area (TPSA) is 73.8 Å². The molecule has 0 bridgehead atoms. The zero-order valence-corrected chi connectivity index (χ0v) is 9.57. The molecule has 0 aromatic rings. The van der Waals surface area contributed by atoms with Gasteiger partial charge in [-0.25, -0.2) is 0 Å². The molecule has 0 rings (SSSR count). The summed E-state index contributed by atoms with van der Waals surface area (Å²) in [5.41, 5.74) is 0. The maximum Gasteiger partial charge on any atom is 0.323 e. The lowest BCUT2D eigenvalue weighted by molar-refractivity contribution is 0.153. The Morgan fingerprint density at radius 1 is 1.46 bits per heavy atom. The van der Waals surface area contributed by atoms with E-state index < -0.39 is 12.9 Å². The van der Waals surface area contributed by atoms with Crippen LogP contribution in [0.1, 0.15) is 13.3 Å². The summed E-state index contributed by atoms with van der Waals surface area (Å²) in [6, 6.07) is 0. The summed E-state index contributed by atoms with van der Waals surface area (Å²) in [5, 5.41) is 5.95. The van der Waals surface area contributed by atoms with Crippen molar-refractivity contribution in [2.75, 3.05) is 20.1 Å². The highest BCUT2D eigenvalue weighted by Crippen LogP contribution is 2.37. The van der Waals surface area contributed by atoms with Crippen molar-refractivity contribution in [3.63, 3.8) is 0 Å². The fourth-order valence-electron chi connectivity index (χ4n) is 0.814. The number of hydrogen-bond acceptors (Lipinski definition) is 4. The minimum atomic E-state index is -3.52. The average Bonchev–Trinajstić information content (AvgIpc) is 1.94. The summed E-state index contributed by atoms with van der Waals surface area (Å²) in [6.07, 6.45) is 0.530. The molecule has 0 aliphatic rings. The molecule has 0 saturated heterocycles. The van der Waals surface area contributed by atoms with Crippen LogP contribution in [0.4, 0.5) is 0 Å². The molecule has 1 atom stereocenters. The summed E-state index contributed by atoms with van der Waals surface area (Å²) in [4.78, 5) is 17.6. The Balaban J connectivity index is 3.41. The van der Waals surface area contributed by atoms with Crippen LogP contribution in [0.5, 0.6) is 0 Å². The lowest BCUT2D eigenvalue weighted by Crippen LogP contribution is -2.30. The fraction of sp³-hybridized carbons (Fsp3) is 1.00. The van der Waals surface area contributed by atoms with Gasteiger partial charge in [-0.2, -0.15) is 0 Å². The lowest BCUT2D eigenvalue weighted by atomic mass is 10.4. The van der Waals surface area contributed by atoms with E-state index in [0.29, 0.717) is 0 Å². The molecule has 0 fully saturated rings. The number of rotatable bonds is 7. The highest BCUT2D eigenvalue weighted by Gasteiger charge is 2.12. The van der Waals surface area contributed by atoms with Crippen molar-refractivity contribution >= 4 is 18.5 Å². The molecule has 0 spiro atoms. The van der Waals surface area contributed by atoms with Crippen molar-refractivity contribution in [2.24, 2.45) is 0 Å². The molecule has 80 valence electrons. The third kappa shape index (κ3) is 10.4. The van der Waals surface area contributed by atoms with Gasteiger partial charge in [0.2, 0.25) is 0 Å². The van der Waals surface area contributed by atoms with Gasteiger partial charge in [0.15, 0.2) is 0 Å². The molecule has 0 radical (unpaired) electrons. The molecule has 0 aromatic carbocycles. The van der Waals surface area contributed by atoms with E-state index in [1.54, 1.807) is 6.92 Å². The van der Waals surface area contributed by atoms with Crippen LogP contribution in [0.2, 0.25) is 0 Å². The summed E-state index contributed by atoms with van der Waals surface area (Å²) < 4.78 is 4.72. The monoisotopic (exact) mass is 228 g/mol. The highest BCUT2D eigenvalue weighted by atomic mass is 32.5. The Labute approximate surface area is 83.7 Å². The van der Waals surface area contributed by atoms with Crippen molar-refractivity contribution in [1.82, 2.24) is 10.6 Å². The van der Waals surface area contributed by atoms with Gasteiger partial charge in [-0.3, -0.25) is 9.84 Å². The van der Waals surface area contributed by atoms with E-state index in [1.165, 1.54) is 0 Å². The van der Waals surface area contributed by atoms with Gasteiger partial charge in [0.25, 0.3) is 0 Å². The molecule has 4 N–H and O–H groups in total. The quantitative estimate of drug-likeness (QED) is 0.274. The zero-order valence-electron chi connectivity index (χ0n) is 7.86. The molecule has 0 saturated carbocycles. The lowest BCUT2D eigenvalue weighted by Gasteiger charge is -2.17. The summed E-state index contributed by atoms with van der Waals surface area (Å²) in [7, 11) is 1.88. The summed E-state index contributed by atoms with van der Waals surface area (Å²) >= 11 is 4.31. The van der Waals surface area contributed by atoms with Gasteiger partial charge in [-0.05, 0) is 45.3 Å². The van der Waals surface area contributed by atoms with Gasteiger partial charge < -0.3 is 15.1 Å². The predicted octanol–water partition coefficient (Wildman–Crippen LogP) is -0.243. The average molecular weight is 228 g/mol. The molecule has 1 unspecified atom stereocenters. The smallest absolute Gasteiger partial charge is 0.323 e. The normalized spacial score (nSPS) is 14.5. The Kier molecular flexibility index (Phi) is 7.07. The van der Waals surface area contributed by atoms with E-state index in [2.05, 4.69) is 22.4 Å². The first-order valence-electron chi connectivity index (χ1n) is 4.07. The third-order valence-electron chi connectivity index (χ3n) is 1.33. The summed E-state index contributed by atoms with van der Waals surface area (Å²) in [5.74, 6) is 0. The van der Waals surface area contributed by atoms with E-state index in [-0.39, 0.29) is 0 Å². The Morgan fingerprint density at radius 2 is 2.08 bits per heavy atom. The van der Waals surface area contributed by atoms with Crippen LogP contribution in [0.25, 0.3) is 0 Å². The molecular formula is C6H17N2O3PS. The molecule has 0 heterocycles. The SMILES string of the molecule is CNCCCNC(C)OP(O)(O)=S. The van der Waals surface area contributed by atoms with Crippen molar-refractivity contribution in [3.8, 4) is 0 Å². The molecule has 5 nitrogen and oxygen atoms in total. The largest absolute Gasteiger partial charge is 0.324 e. The minimum Gasteiger partial charge on any atom is -0.324 e. The van der Waals surface area contributed by atoms with Gasteiger partial charge in [0.1, 0.15) is 6.23 Å². The second-order valence-corrected chi connectivity index (χ2v) is 5.27.